The summed E-state index contributed by atoms with van der Waals surface area (Å²) in [6.45, 7) is 2.98. The van der Waals surface area contributed by atoms with Crippen LogP contribution in [0.15, 0.2) is 0 Å². The van der Waals surface area contributed by atoms with Crippen LogP contribution in [0.5, 0.6) is 0 Å². The van der Waals surface area contributed by atoms with E-state index < -0.39 is 0 Å². The van der Waals surface area contributed by atoms with E-state index in [2.05, 4.69) is 6.92 Å². The molecule has 0 heterocycles. The summed E-state index contributed by atoms with van der Waals surface area (Å²) in [5.74, 6) is 4.06. The van der Waals surface area contributed by atoms with Crippen molar-refractivity contribution >= 4 is 0 Å². The molecular formula is C13H24O2. The third-order valence-electron chi connectivity index (χ3n) is 4.82. The maximum Gasteiger partial charge on any atom is 0.0433 e. The Kier molecular flexibility index (Phi) is 3.68. The van der Waals surface area contributed by atoms with Crippen molar-refractivity contribution in [3.63, 3.8) is 0 Å². The lowest BCUT2D eigenvalue weighted by Crippen LogP contribution is -2.26. The summed E-state index contributed by atoms with van der Waals surface area (Å²) in [5.41, 5.74) is 0. The monoisotopic (exact) mass is 212 g/mol. The van der Waals surface area contributed by atoms with Gasteiger partial charge in [-0.25, -0.2) is 0 Å². The molecule has 88 valence electrons. The van der Waals surface area contributed by atoms with Crippen molar-refractivity contribution in [2.45, 2.75) is 39.0 Å². The van der Waals surface area contributed by atoms with E-state index in [0.29, 0.717) is 19.1 Å². The summed E-state index contributed by atoms with van der Waals surface area (Å²) in [7, 11) is 0. The maximum atomic E-state index is 9.04. The summed E-state index contributed by atoms with van der Waals surface area (Å²) in [6.07, 6.45) is 6.09. The maximum absolute atomic E-state index is 9.04. The Morgan fingerprint density at radius 1 is 1.13 bits per heavy atom. The van der Waals surface area contributed by atoms with Crippen LogP contribution in [0.4, 0.5) is 0 Å². The van der Waals surface area contributed by atoms with E-state index in [4.69, 9.17) is 10.2 Å². The van der Waals surface area contributed by atoms with Crippen molar-refractivity contribution < 1.29 is 10.2 Å². The van der Waals surface area contributed by atoms with E-state index in [9.17, 15) is 0 Å². The molecular weight excluding hydrogens is 188 g/mol. The topological polar surface area (TPSA) is 40.5 Å². The van der Waals surface area contributed by atoms with E-state index in [1.165, 1.54) is 19.3 Å². The lowest BCUT2D eigenvalue weighted by molar-refractivity contribution is 0.130. The smallest absolute Gasteiger partial charge is 0.0433 e. The van der Waals surface area contributed by atoms with Crippen molar-refractivity contribution in [3.8, 4) is 0 Å². The van der Waals surface area contributed by atoms with Gasteiger partial charge in [0.1, 0.15) is 0 Å². The highest BCUT2D eigenvalue weighted by Gasteiger charge is 2.46. The summed E-state index contributed by atoms with van der Waals surface area (Å²) in [4.78, 5) is 0. The minimum Gasteiger partial charge on any atom is -0.396 e. The third-order valence-corrected chi connectivity index (χ3v) is 4.82. The Labute approximate surface area is 92.7 Å². The van der Waals surface area contributed by atoms with E-state index >= 15 is 0 Å². The second-order valence-electron chi connectivity index (χ2n) is 5.66. The minimum absolute atomic E-state index is 0.333. The van der Waals surface area contributed by atoms with Crippen LogP contribution in [-0.4, -0.2) is 23.4 Å². The average Bonchev–Trinajstić information content (AvgIpc) is 2.77. The number of aliphatic hydroxyl groups excluding tert-OH is 2. The number of rotatable bonds is 5. The molecule has 0 aliphatic heterocycles. The van der Waals surface area contributed by atoms with E-state index in [0.717, 1.165) is 36.5 Å². The van der Waals surface area contributed by atoms with E-state index in [-0.39, 0.29) is 0 Å². The highest BCUT2D eigenvalue weighted by molar-refractivity contribution is 4.96. The molecule has 15 heavy (non-hydrogen) atoms. The Bertz CT molecular complexity index is 205. The first-order valence-electron chi connectivity index (χ1n) is 6.48. The molecule has 2 heteroatoms. The van der Waals surface area contributed by atoms with Crippen LogP contribution in [0.25, 0.3) is 0 Å². The predicted molar refractivity (Wildman–Crippen MR) is 60.4 cm³/mol. The first-order chi connectivity index (χ1) is 7.26. The molecule has 5 unspecified atom stereocenters. The first kappa shape index (κ1) is 11.4. The third kappa shape index (κ3) is 2.21. The zero-order chi connectivity index (χ0) is 10.8. The van der Waals surface area contributed by atoms with Crippen LogP contribution < -0.4 is 0 Å². The van der Waals surface area contributed by atoms with Gasteiger partial charge < -0.3 is 10.2 Å². The fourth-order valence-corrected chi connectivity index (χ4v) is 4.12. The fraction of sp³-hybridized carbons (Fsp3) is 1.00. The van der Waals surface area contributed by atoms with Gasteiger partial charge in [0.2, 0.25) is 0 Å². The van der Waals surface area contributed by atoms with Gasteiger partial charge in [-0.15, -0.1) is 0 Å². The molecule has 5 atom stereocenters. The van der Waals surface area contributed by atoms with Crippen LogP contribution >= 0.6 is 0 Å². The average molecular weight is 212 g/mol. The molecule has 2 bridgehead atoms. The quantitative estimate of drug-likeness (QED) is 0.732. The van der Waals surface area contributed by atoms with Gasteiger partial charge in [0.25, 0.3) is 0 Å². The van der Waals surface area contributed by atoms with Gasteiger partial charge in [-0.2, -0.15) is 0 Å². The summed E-state index contributed by atoms with van der Waals surface area (Å²) in [6, 6.07) is 0. The largest absolute Gasteiger partial charge is 0.396 e. The van der Waals surface area contributed by atoms with Gasteiger partial charge in [0.15, 0.2) is 0 Å². The van der Waals surface area contributed by atoms with Crippen molar-refractivity contribution in [3.05, 3.63) is 0 Å². The van der Waals surface area contributed by atoms with Crippen molar-refractivity contribution in [2.24, 2.45) is 29.6 Å². The second-order valence-corrected chi connectivity index (χ2v) is 5.66. The number of hydrogen-bond donors (Lipinski definition) is 2. The molecule has 2 saturated carbocycles. The first-order valence-corrected chi connectivity index (χ1v) is 6.48. The van der Waals surface area contributed by atoms with Crippen molar-refractivity contribution in [1.82, 2.24) is 0 Å². The molecule has 2 fully saturated rings. The Morgan fingerprint density at radius 3 is 2.53 bits per heavy atom. The summed E-state index contributed by atoms with van der Waals surface area (Å²) >= 11 is 0. The van der Waals surface area contributed by atoms with Crippen molar-refractivity contribution in [2.75, 3.05) is 13.2 Å². The molecule has 0 aromatic carbocycles. The molecule has 2 aliphatic carbocycles. The Balaban J connectivity index is 1.92. The molecule has 2 aliphatic rings. The van der Waals surface area contributed by atoms with Gasteiger partial charge in [0.05, 0.1) is 0 Å². The van der Waals surface area contributed by atoms with E-state index in [1.54, 1.807) is 0 Å². The number of hydrogen-bond acceptors (Lipinski definition) is 2. The number of fused-ring (bicyclic) bond motifs is 2. The minimum atomic E-state index is 0.333. The zero-order valence-corrected chi connectivity index (χ0v) is 9.73. The second kappa shape index (κ2) is 4.84. The van der Waals surface area contributed by atoms with Gasteiger partial charge in [-0.3, -0.25) is 0 Å². The van der Waals surface area contributed by atoms with Gasteiger partial charge >= 0.3 is 0 Å². The Morgan fingerprint density at radius 2 is 1.93 bits per heavy atom. The van der Waals surface area contributed by atoms with Crippen LogP contribution in [0.2, 0.25) is 0 Å². The molecule has 2 N–H and O–H groups in total. The fourth-order valence-electron chi connectivity index (χ4n) is 4.12. The molecule has 0 amide bonds. The van der Waals surface area contributed by atoms with E-state index in [1.807, 2.05) is 0 Å². The molecule has 2 nitrogen and oxygen atoms in total. The molecule has 0 aromatic heterocycles. The molecule has 2 rings (SSSR count). The van der Waals surface area contributed by atoms with Gasteiger partial charge in [0, 0.05) is 13.2 Å². The highest BCUT2D eigenvalue weighted by atomic mass is 16.3. The van der Waals surface area contributed by atoms with Gasteiger partial charge in [-0.05, 0) is 61.7 Å². The summed E-state index contributed by atoms with van der Waals surface area (Å²) in [5, 5.41) is 18.0. The standard InChI is InChI=1S/C13H24O2/c1-9(2-4-14)12-7-10-6-11(3-5-15)13(12)8-10/h9-15H,2-8H2,1H3. The van der Waals surface area contributed by atoms with Crippen LogP contribution in [0.3, 0.4) is 0 Å². The van der Waals surface area contributed by atoms with Crippen LogP contribution in [-0.2, 0) is 0 Å². The normalized spacial score (nSPS) is 41.0. The summed E-state index contributed by atoms with van der Waals surface area (Å²) < 4.78 is 0. The van der Waals surface area contributed by atoms with Gasteiger partial charge in [-0.1, -0.05) is 6.92 Å². The molecule has 0 aromatic rings. The Hall–Kier alpha value is -0.0800. The SMILES string of the molecule is CC(CCO)C1CC2CC(CCO)C1C2. The van der Waals surface area contributed by atoms with Crippen LogP contribution in [0, 0.1) is 29.6 Å². The lowest BCUT2D eigenvalue weighted by Gasteiger charge is -2.33. The lowest BCUT2D eigenvalue weighted by atomic mass is 9.73. The highest BCUT2D eigenvalue weighted by Crippen LogP contribution is 2.55. The molecule has 0 spiro atoms. The zero-order valence-electron chi connectivity index (χ0n) is 9.73. The molecule has 0 radical (unpaired) electrons. The van der Waals surface area contributed by atoms with Crippen LogP contribution in [0.1, 0.15) is 39.0 Å². The predicted octanol–water partition coefficient (Wildman–Crippen LogP) is 2.05. The molecule has 0 saturated heterocycles. The van der Waals surface area contributed by atoms with Crippen molar-refractivity contribution in [1.29, 1.82) is 0 Å². The number of aliphatic hydroxyl groups is 2.